The van der Waals surface area contributed by atoms with E-state index in [9.17, 15) is 0 Å². The standard InChI is InChI=1S/C11H16N2O/c1-7(2)9-10(8-4-5-8)12-6-13-11(9)14-3/h6-8H,4-5H2,1-3H3/i3D3. The van der Waals surface area contributed by atoms with Gasteiger partial charge in [0, 0.05) is 11.5 Å². The van der Waals surface area contributed by atoms with E-state index in [2.05, 4.69) is 9.97 Å². The highest BCUT2D eigenvalue weighted by atomic mass is 16.5. The van der Waals surface area contributed by atoms with E-state index in [1.165, 1.54) is 6.33 Å². The van der Waals surface area contributed by atoms with E-state index in [0.717, 1.165) is 24.1 Å². The lowest BCUT2D eigenvalue weighted by Crippen LogP contribution is -2.04. The number of ether oxygens (including phenoxy) is 1. The maximum Gasteiger partial charge on any atom is 0.219 e. The zero-order valence-corrected chi connectivity index (χ0v) is 8.45. The first-order chi connectivity index (χ1) is 7.88. The Balaban J connectivity index is 2.40. The summed E-state index contributed by atoms with van der Waals surface area (Å²) in [4.78, 5) is 8.24. The molecule has 14 heavy (non-hydrogen) atoms. The van der Waals surface area contributed by atoms with E-state index in [0.29, 0.717) is 5.92 Å². The number of nitrogens with zero attached hydrogens (tertiary/aromatic N) is 2. The monoisotopic (exact) mass is 195 g/mol. The Labute approximate surface area is 88.7 Å². The Hall–Kier alpha value is -1.12. The van der Waals surface area contributed by atoms with Crippen LogP contribution in [0.4, 0.5) is 0 Å². The van der Waals surface area contributed by atoms with Crippen molar-refractivity contribution in [3.8, 4) is 5.88 Å². The fourth-order valence-electron chi connectivity index (χ4n) is 1.70. The van der Waals surface area contributed by atoms with Crippen LogP contribution < -0.4 is 4.74 Å². The van der Waals surface area contributed by atoms with E-state index in [-0.39, 0.29) is 11.8 Å². The van der Waals surface area contributed by atoms with Gasteiger partial charge in [-0.05, 0) is 18.8 Å². The molecule has 0 aromatic carbocycles. The molecule has 0 N–H and O–H groups in total. The first-order valence-corrected chi connectivity index (χ1v) is 4.92. The van der Waals surface area contributed by atoms with Crippen molar-refractivity contribution < 1.29 is 8.85 Å². The maximum absolute atomic E-state index is 7.15. The second-order valence-electron chi connectivity index (χ2n) is 4.01. The molecule has 76 valence electrons. The Morgan fingerprint density at radius 2 is 2.29 bits per heavy atom. The molecule has 0 spiro atoms. The average Bonchev–Trinajstić information content (AvgIpc) is 2.96. The lowest BCUT2D eigenvalue weighted by molar-refractivity contribution is 0.387. The van der Waals surface area contributed by atoms with Crippen LogP contribution in [-0.4, -0.2) is 17.0 Å². The van der Waals surface area contributed by atoms with Gasteiger partial charge in [0.25, 0.3) is 0 Å². The molecular formula is C11H16N2O. The van der Waals surface area contributed by atoms with Gasteiger partial charge in [0.05, 0.1) is 16.8 Å². The van der Waals surface area contributed by atoms with Gasteiger partial charge in [-0.1, -0.05) is 13.8 Å². The van der Waals surface area contributed by atoms with Gasteiger partial charge in [-0.25, -0.2) is 9.97 Å². The molecule has 1 fully saturated rings. The van der Waals surface area contributed by atoms with E-state index >= 15 is 0 Å². The predicted molar refractivity (Wildman–Crippen MR) is 54.6 cm³/mol. The fourth-order valence-corrected chi connectivity index (χ4v) is 1.70. The molecule has 1 saturated carbocycles. The van der Waals surface area contributed by atoms with Crippen LogP contribution in [0.15, 0.2) is 6.33 Å². The molecule has 0 bridgehead atoms. The van der Waals surface area contributed by atoms with Crippen molar-refractivity contribution in [2.45, 2.75) is 38.5 Å². The lowest BCUT2D eigenvalue weighted by atomic mass is 10.0. The van der Waals surface area contributed by atoms with Gasteiger partial charge in [-0.3, -0.25) is 0 Å². The highest BCUT2D eigenvalue weighted by Crippen LogP contribution is 2.43. The molecule has 0 unspecified atom stereocenters. The highest BCUT2D eigenvalue weighted by molar-refractivity contribution is 5.36. The van der Waals surface area contributed by atoms with Crippen LogP contribution in [0.5, 0.6) is 5.88 Å². The van der Waals surface area contributed by atoms with Crippen LogP contribution >= 0.6 is 0 Å². The molecule has 0 atom stereocenters. The fraction of sp³-hybridized carbons (Fsp3) is 0.636. The summed E-state index contributed by atoms with van der Waals surface area (Å²) in [5, 5.41) is 0. The van der Waals surface area contributed by atoms with Gasteiger partial charge in [-0.2, -0.15) is 0 Å². The molecule has 3 nitrogen and oxygen atoms in total. The molecule has 1 aromatic rings. The minimum absolute atomic E-state index is 0.157. The van der Waals surface area contributed by atoms with Crippen LogP contribution in [0.1, 0.15) is 53.9 Å². The SMILES string of the molecule is [2H]C([2H])([2H])Oc1ncnc(C2CC2)c1C(C)C. The Bertz CT molecular complexity index is 414. The van der Waals surface area contributed by atoms with E-state index in [4.69, 9.17) is 8.85 Å². The molecular weight excluding hydrogens is 176 g/mol. The van der Waals surface area contributed by atoms with E-state index < -0.39 is 7.04 Å². The Morgan fingerprint density at radius 1 is 1.50 bits per heavy atom. The summed E-state index contributed by atoms with van der Waals surface area (Å²) in [6.45, 7) is 3.99. The maximum atomic E-state index is 7.15. The average molecular weight is 195 g/mol. The minimum Gasteiger partial charge on any atom is -0.481 e. The Kier molecular flexibility index (Phi) is 1.62. The normalized spacial score (nSPS) is 20.1. The van der Waals surface area contributed by atoms with Gasteiger partial charge in [0.15, 0.2) is 0 Å². The number of methoxy groups -OCH3 is 1. The highest BCUT2D eigenvalue weighted by Gasteiger charge is 2.30. The predicted octanol–water partition coefficient (Wildman–Crippen LogP) is 2.49. The van der Waals surface area contributed by atoms with Crippen molar-refractivity contribution in [1.82, 2.24) is 9.97 Å². The van der Waals surface area contributed by atoms with Crippen molar-refractivity contribution in [2.24, 2.45) is 0 Å². The summed E-state index contributed by atoms with van der Waals surface area (Å²) in [5.74, 6) is 0.815. The molecule has 0 saturated heterocycles. The van der Waals surface area contributed by atoms with Crippen LogP contribution in [0.3, 0.4) is 0 Å². The van der Waals surface area contributed by atoms with Crippen molar-refractivity contribution in [1.29, 1.82) is 0 Å². The van der Waals surface area contributed by atoms with Crippen molar-refractivity contribution in [3.63, 3.8) is 0 Å². The van der Waals surface area contributed by atoms with E-state index in [1.54, 1.807) is 0 Å². The largest absolute Gasteiger partial charge is 0.481 e. The topological polar surface area (TPSA) is 35.0 Å². The summed E-state index contributed by atoms with van der Waals surface area (Å²) in [6, 6.07) is 0. The van der Waals surface area contributed by atoms with Gasteiger partial charge in [-0.15, -0.1) is 0 Å². The van der Waals surface area contributed by atoms with Crippen molar-refractivity contribution in [2.75, 3.05) is 7.04 Å². The molecule has 0 amide bonds. The number of hydrogen-bond donors (Lipinski definition) is 0. The third kappa shape index (κ3) is 1.59. The third-order valence-electron chi connectivity index (χ3n) is 2.52. The summed E-state index contributed by atoms with van der Waals surface area (Å²) in [5.41, 5.74) is 1.79. The van der Waals surface area contributed by atoms with Crippen LogP contribution in [0.2, 0.25) is 0 Å². The summed E-state index contributed by atoms with van der Waals surface area (Å²) in [6.07, 6.45) is 3.62. The van der Waals surface area contributed by atoms with Crippen LogP contribution in [-0.2, 0) is 0 Å². The van der Waals surface area contributed by atoms with Gasteiger partial charge in [0.2, 0.25) is 5.88 Å². The number of aromatic nitrogens is 2. The molecule has 1 aromatic heterocycles. The van der Waals surface area contributed by atoms with Gasteiger partial charge >= 0.3 is 0 Å². The molecule has 1 heterocycles. The summed E-state index contributed by atoms with van der Waals surface area (Å²) >= 11 is 0. The quantitative estimate of drug-likeness (QED) is 0.743. The molecule has 1 aliphatic carbocycles. The molecule has 1 aliphatic rings. The summed E-state index contributed by atoms with van der Waals surface area (Å²) in [7, 11) is -2.46. The van der Waals surface area contributed by atoms with Crippen LogP contribution in [0, 0.1) is 0 Å². The van der Waals surface area contributed by atoms with Crippen molar-refractivity contribution in [3.05, 3.63) is 17.6 Å². The molecule has 0 radical (unpaired) electrons. The molecule has 2 rings (SSSR count). The first-order valence-electron chi connectivity index (χ1n) is 6.42. The Morgan fingerprint density at radius 3 is 2.86 bits per heavy atom. The van der Waals surface area contributed by atoms with Gasteiger partial charge < -0.3 is 4.74 Å². The zero-order valence-electron chi connectivity index (χ0n) is 11.4. The lowest BCUT2D eigenvalue weighted by Gasteiger charge is -2.13. The van der Waals surface area contributed by atoms with Crippen molar-refractivity contribution >= 4 is 0 Å². The minimum atomic E-state index is -2.46. The molecule has 0 aliphatic heterocycles. The summed E-state index contributed by atoms with van der Waals surface area (Å²) < 4.78 is 26.4. The second kappa shape index (κ2) is 3.56. The van der Waals surface area contributed by atoms with Crippen LogP contribution in [0.25, 0.3) is 0 Å². The molecule has 3 heteroatoms. The second-order valence-corrected chi connectivity index (χ2v) is 4.01. The zero-order chi connectivity index (χ0) is 12.6. The van der Waals surface area contributed by atoms with Gasteiger partial charge in [0.1, 0.15) is 6.33 Å². The smallest absolute Gasteiger partial charge is 0.219 e. The number of hydrogen-bond acceptors (Lipinski definition) is 3. The van der Waals surface area contributed by atoms with E-state index in [1.807, 2.05) is 13.8 Å². The first kappa shape index (κ1) is 6.38. The third-order valence-corrected chi connectivity index (χ3v) is 2.52. The number of rotatable bonds is 3.